The third-order valence-electron chi connectivity index (χ3n) is 5.83. The van der Waals surface area contributed by atoms with E-state index in [0.29, 0.717) is 11.3 Å². The molecule has 6 heteroatoms. The van der Waals surface area contributed by atoms with Gasteiger partial charge in [-0.3, -0.25) is 9.36 Å². The smallest absolute Gasteiger partial charge is 0.272 e. The van der Waals surface area contributed by atoms with Crippen LogP contribution < -0.4 is 5.56 Å². The van der Waals surface area contributed by atoms with Crippen LogP contribution in [-0.2, 0) is 5.75 Å². The number of rotatable bonds is 4. The molecule has 0 atom stereocenters. The van der Waals surface area contributed by atoms with E-state index in [-0.39, 0.29) is 11.6 Å². The van der Waals surface area contributed by atoms with Crippen LogP contribution in [0.1, 0.15) is 49.3 Å². The predicted octanol–water partition coefficient (Wildman–Crippen LogP) is 6.28. The van der Waals surface area contributed by atoms with Crippen LogP contribution in [0.15, 0.2) is 58.5 Å². The zero-order valence-corrected chi connectivity index (χ0v) is 18.1. The molecular weight excluding hydrogens is 410 g/mol. The van der Waals surface area contributed by atoms with Crippen molar-refractivity contribution in [3.05, 3.63) is 70.0 Å². The van der Waals surface area contributed by atoms with Gasteiger partial charge in [-0.2, -0.15) is 5.26 Å². The Morgan fingerprint density at radius 1 is 1.10 bits per heavy atom. The van der Waals surface area contributed by atoms with E-state index < -0.39 is 0 Å². The molecule has 4 aromatic rings. The zero-order chi connectivity index (χ0) is 20.5. The van der Waals surface area contributed by atoms with E-state index >= 15 is 0 Å². The third kappa shape index (κ3) is 3.42. The summed E-state index contributed by atoms with van der Waals surface area (Å²) < 4.78 is 3.81. The molecule has 1 aliphatic rings. The van der Waals surface area contributed by atoms with Crippen molar-refractivity contribution in [3.8, 4) is 6.07 Å². The number of aromatic nitrogens is 2. The number of hydrogen-bond donors (Lipinski definition) is 0. The van der Waals surface area contributed by atoms with Gasteiger partial charge in [-0.1, -0.05) is 67.4 Å². The van der Waals surface area contributed by atoms with Crippen LogP contribution in [0.3, 0.4) is 0 Å². The SMILES string of the molecule is N#Cc1ccccc1CSc1nc2c(sc3ccccc32)c(=O)n1C1CCCCC1. The van der Waals surface area contributed by atoms with Crippen molar-refractivity contribution < 1.29 is 0 Å². The van der Waals surface area contributed by atoms with Crippen molar-refractivity contribution in [3.63, 3.8) is 0 Å². The van der Waals surface area contributed by atoms with Crippen LogP contribution in [0.5, 0.6) is 0 Å². The van der Waals surface area contributed by atoms with Gasteiger partial charge in [-0.05, 0) is 30.5 Å². The van der Waals surface area contributed by atoms with E-state index in [1.165, 1.54) is 6.42 Å². The summed E-state index contributed by atoms with van der Waals surface area (Å²) in [6.45, 7) is 0. The summed E-state index contributed by atoms with van der Waals surface area (Å²) in [5.41, 5.74) is 2.55. The fourth-order valence-electron chi connectivity index (χ4n) is 4.29. The molecule has 0 radical (unpaired) electrons. The van der Waals surface area contributed by atoms with Gasteiger partial charge < -0.3 is 0 Å². The van der Waals surface area contributed by atoms with E-state index in [9.17, 15) is 10.1 Å². The van der Waals surface area contributed by atoms with Crippen LogP contribution in [0.25, 0.3) is 20.3 Å². The Bertz CT molecular complexity index is 1330. The minimum atomic E-state index is 0.0872. The minimum Gasteiger partial charge on any atom is -0.283 e. The van der Waals surface area contributed by atoms with Gasteiger partial charge in [0.15, 0.2) is 5.16 Å². The highest BCUT2D eigenvalue weighted by Crippen LogP contribution is 2.36. The second-order valence-electron chi connectivity index (χ2n) is 7.69. The molecule has 1 fully saturated rings. The second-order valence-corrected chi connectivity index (χ2v) is 9.69. The molecule has 150 valence electrons. The Balaban J connectivity index is 1.65. The van der Waals surface area contributed by atoms with Crippen molar-refractivity contribution in [1.29, 1.82) is 5.26 Å². The first-order chi connectivity index (χ1) is 14.8. The van der Waals surface area contributed by atoms with Crippen molar-refractivity contribution >= 4 is 43.4 Å². The molecule has 0 spiro atoms. The van der Waals surface area contributed by atoms with Crippen molar-refractivity contribution in [2.75, 3.05) is 0 Å². The molecule has 2 aromatic heterocycles. The molecule has 0 aliphatic heterocycles. The molecule has 30 heavy (non-hydrogen) atoms. The fourth-order valence-corrected chi connectivity index (χ4v) is 6.44. The Kier molecular flexibility index (Phi) is 5.32. The first-order valence-electron chi connectivity index (χ1n) is 10.3. The number of nitrogens with zero attached hydrogens (tertiary/aromatic N) is 3. The van der Waals surface area contributed by atoms with Gasteiger partial charge in [0.1, 0.15) is 4.70 Å². The predicted molar refractivity (Wildman–Crippen MR) is 124 cm³/mol. The van der Waals surface area contributed by atoms with E-state index in [1.54, 1.807) is 23.1 Å². The molecule has 1 saturated carbocycles. The molecule has 4 nitrogen and oxygen atoms in total. The minimum absolute atomic E-state index is 0.0872. The maximum absolute atomic E-state index is 13.6. The quantitative estimate of drug-likeness (QED) is 0.282. The summed E-state index contributed by atoms with van der Waals surface area (Å²) in [6.07, 6.45) is 5.61. The molecule has 2 aromatic carbocycles. The maximum atomic E-state index is 13.6. The Morgan fingerprint density at radius 3 is 2.70 bits per heavy atom. The van der Waals surface area contributed by atoms with E-state index in [1.807, 2.05) is 47.0 Å². The highest BCUT2D eigenvalue weighted by atomic mass is 32.2. The molecule has 1 aliphatic carbocycles. The third-order valence-corrected chi connectivity index (χ3v) is 7.98. The topological polar surface area (TPSA) is 58.7 Å². The summed E-state index contributed by atoms with van der Waals surface area (Å²) in [5.74, 6) is 0.621. The summed E-state index contributed by atoms with van der Waals surface area (Å²) >= 11 is 3.12. The summed E-state index contributed by atoms with van der Waals surface area (Å²) in [5, 5.41) is 11.2. The average molecular weight is 432 g/mol. The molecule has 0 unspecified atom stereocenters. The number of fused-ring (bicyclic) bond motifs is 3. The Morgan fingerprint density at radius 2 is 1.87 bits per heavy atom. The van der Waals surface area contributed by atoms with Crippen LogP contribution in [0.4, 0.5) is 0 Å². The maximum Gasteiger partial charge on any atom is 0.272 e. The van der Waals surface area contributed by atoms with Gasteiger partial charge in [0.2, 0.25) is 0 Å². The molecule has 0 bridgehead atoms. The van der Waals surface area contributed by atoms with Gasteiger partial charge in [-0.25, -0.2) is 4.98 Å². The average Bonchev–Trinajstić information content (AvgIpc) is 3.17. The first kappa shape index (κ1) is 19.3. The van der Waals surface area contributed by atoms with Gasteiger partial charge in [0.05, 0.1) is 17.1 Å². The molecule has 5 rings (SSSR count). The van der Waals surface area contributed by atoms with Crippen LogP contribution >= 0.6 is 23.1 Å². The van der Waals surface area contributed by atoms with Gasteiger partial charge in [0, 0.05) is 21.9 Å². The lowest BCUT2D eigenvalue weighted by atomic mass is 9.95. The lowest BCUT2D eigenvalue weighted by Crippen LogP contribution is -2.28. The Hall–Kier alpha value is -2.62. The number of thioether (sulfide) groups is 1. The molecule has 0 amide bonds. The molecule has 0 N–H and O–H groups in total. The largest absolute Gasteiger partial charge is 0.283 e. The number of nitriles is 1. The molecular formula is C24H21N3OS2. The first-order valence-corrected chi connectivity index (χ1v) is 12.1. The molecule has 2 heterocycles. The van der Waals surface area contributed by atoms with Crippen molar-refractivity contribution in [2.45, 2.75) is 49.1 Å². The normalized spacial score (nSPS) is 14.9. The Labute approximate surface area is 183 Å². The molecule has 0 saturated heterocycles. The summed E-state index contributed by atoms with van der Waals surface area (Å²) in [6, 6.07) is 18.2. The lowest BCUT2D eigenvalue weighted by molar-refractivity contribution is 0.326. The van der Waals surface area contributed by atoms with Crippen LogP contribution in [-0.4, -0.2) is 9.55 Å². The van der Waals surface area contributed by atoms with Crippen LogP contribution in [0, 0.1) is 11.3 Å². The standard InChI is InChI=1S/C24H21N3OS2/c25-14-16-8-4-5-9-17(16)15-29-24-26-21-19-12-6-7-13-20(19)30-22(21)23(28)27(24)18-10-2-1-3-11-18/h4-9,12-13,18H,1-3,10-11,15H2. The van der Waals surface area contributed by atoms with Gasteiger partial charge >= 0.3 is 0 Å². The van der Waals surface area contributed by atoms with E-state index in [0.717, 1.165) is 56.7 Å². The van der Waals surface area contributed by atoms with Crippen LogP contribution in [0.2, 0.25) is 0 Å². The number of benzene rings is 2. The van der Waals surface area contributed by atoms with Crippen molar-refractivity contribution in [1.82, 2.24) is 9.55 Å². The van der Waals surface area contributed by atoms with Gasteiger partial charge in [0.25, 0.3) is 5.56 Å². The number of hydrogen-bond acceptors (Lipinski definition) is 5. The highest BCUT2D eigenvalue weighted by Gasteiger charge is 2.23. The van der Waals surface area contributed by atoms with E-state index in [2.05, 4.69) is 12.1 Å². The van der Waals surface area contributed by atoms with Crippen molar-refractivity contribution in [2.24, 2.45) is 0 Å². The number of thiophene rings is 1. The fraction of sp³-hybridized carbons (Fsp3) is 0.292. The second kappa shape index (κ2) is 8.25. The lowest BCUT2D eigenvalue weighted by Gasteiger charge is -2.25. The summed E-state index contributed by atoms with van der Waals surface area (Å²) in [7, 11) is 0. The summed E-state index contributed by atoms with van der Waals surface area (Å²) in [4.78, 5) is 18.6. The zero-order valence-electron chi connectivity index (χ0n) is 16.5. The van der Waals surface area contributed by atoms with E-state index in [4.69, 9.17) is 4.98 Å². The van der Waals surface area contributed by atoms with Gasteiger partial charge in [-0.15, -0.1) is 11.3 Å². The monoisotopic (exact) mass is 431 g/mol. The highest BCUT2D eigenvalue weighted by molar-refractivity contribution is 7.98.